The number of allylic oxidation sites excluding steroid dienone is 1. The maximum Gasteiger partial charge on any atom is 0.163 e. The van der Waals surface area contributed by atoms with Crippen LogP contribution in [-0.2, 0) is 11.2 Å². The van der Waals surface area contributed by atoms with E-state index in [4.69, 9.17) is 9.26 Å². The Kier molecular flexibility index (Phi) is 4.13. The first-order valence-corrected chi connectivity index (χ1v) is 5.94. The summed E-state index contributed by atoms with van der Waals surface area (Å²) in [7, 11) is 1.62. The van der Waals surface area contributed by atoms with Crippen molar-refractivity contribution in [1.82, 2.24) is 5.16 Å². The summed E-state index contributed by atoms with van der Waals surface area (Å²) < 4.78 is 10.1. The molecule has 0 atom stereocenters. The smallest absolute Gasteiger partial charge is 0.163 e. The number of aromatic nitrogens is 1. The van der Waals surface area contributed by atoms with Crippen LogP contribution in [0.2, 0.25) is 0 Å². The predicted molar refractivity (Wildman–Crippen MR) is 72.0 cm³/mol. The fourth-order valence-corrected chi connectivity index (χ4v) is 1.63. The molecule has 0 amide bonds. The number of hydrogen-bond donors (Lipinski definition) is 0. The van der Waals surface area contributed by atoms with Gasteiger partial charge in [-0.2, -0.15) is 0 Å². The van der Waals surface area contributed by atoms with E-state index in [1.807, 2.05) is 31.2 Å². The molecule has 0 bridgehead atoms. The molecule has 0 spiro atoms. The van der Waals surface area contributed by atoms with Gasteiger partial charge in [0.15, 0.2) is 5.78 Å². The number of carbonyl (C=O) groups excluding carboxylic acids is 1. The Hall–Kier alpha value is -2.36. The third-order valence-electron chi connectivity index (χ3n) is 2.60. The van der Waals surface area contributed by atoms with Gasteiger partial charge in [0.25, 0.3) is 0 Å². The van der Waals surface area contributed by atoms with Crippen LogP contribution in [0.25, 0.3) is 6.08 Å². The Morgan fingerprint density at radius 1 is 1.37 bits per heavy atom. The van der Waals surface area contributed by atoms with Crippen LogP contribution in [0, 0.1) is 6.92 Å². The average Bonchev–Trinajstić information content (AvgIpc) is 2.82. The van der Waals surface area contributed by atoms with E-state index >= 15 is 0 Å². The van der Waals surface area contributed by atoms with Gasteiger partial charge in [-0.3, -0.25) is 4.79 Å². The molecule has 2 aromatic rings. The van der Waals surface area contributed by atoms with Crippen LogP contribution in [0.1, 0.15) is 17.0 Å². The Bertz CT molecular complexity index is 582. The molecule has 2 rings (SSSR count). The van der Waals surface area contributed by atoms with Crippen LogP contribution in [0.15, 0.2) is 40.9 Å². The number of carbonyl (C=O) groups is 1. The largest absolute Gasteiger partial charge is 0.497 e. The van der Waals surface area contributed by atoms with Crippen molar-refractivity contribution in [2.24, 2.45) is 0 Å². The summed E-state index contributed by atoms with van der Waals surface area (Å²) in [6.45, 7) is 1.82. The van der Waals surface area contributed by atoms with Crippen molar-refractivity contribution in [2.45, 2.75) is 13.3 Å². The minimum Gasteiger partial charge on any atom is -0.497 e. The number of nitrogens with zero attached hydrogens (tertiary/aromatic N) is 1. The van der Waals surface area contributed by atoms with E-state index < -0.39 is 0 Å². The number of ether oxygens (including phenoxy) is 1. The van der Waals surface area contributed by atoms with Gasteiger partial charge in [0.1, 0.15) is 11.5 Å². The van der Waals surface area contributed by atoms with E-state index in [1.54, 1.807) is 25.3 Å². The van der Waals surface area contributed by atoms with Crippen molar-refractivity contribution >= 4 is 11.9 Å². The van der Waals surface area contributed by atoms with E-state index in [0.717, 1.165) is 17.0 Å². The summed E-state index contributed by atoms with van der Waals surface area (Å²) in [6.07, 6.45) is 3.54. The summed E-state index contributed by atoms with van der Waals surface area (Å²) in [5, 5.41) is 3.74. The maximum absolute atomic E-state index is 11.7. The first-order chi connectivity index (χ1) is 9.17. The van der Waals surface area contributed by atoms with E-state index in [0.29, 0.717) is 5.76 Å². The Labute approximate surface area is 111 Å². The molecule has 0 fully saturated rings. The van der Waals surface area contributed by atoms with Crippen molar-refractivity contribution in [3.8, 4) is 5.75 Å². The fourth-order valence-electron chi connectivity index (χ4n) is 1.63. The van der Waals surface area contributed by atoms with Crippen molar-refractivity contribution in [2.75, 3.05) is 7.11 Å². The molecule has 4 nitrogen and oxygen atoms in total. The molecule has 0 saturated carbocycles. The number of methoxy groups -OCH3 is 1. The Morgan fingerprint density at radius 3 is 2.68 bits per heavy atom. The summed E-state index contributed by atoms with van der Waals surface area (Å²) >= 11 is 0. The molecule has 1 heterocycles. The molecule has 0 N–H and O–H groups in total. The molecule has 0 aliphatic rings. The predicted octanol–water partition coefficient (Wildman–Crippen LogP) is 2.82. The minimum atomic E-state index is -0.0213. The van der Waals surface area contributed by atoms with E-state index in [2.05, 4.69) is 5.16 Å². The van der Waals surface area contributed by atoms with Crippen LogP contribution in [-0.4, -0.2) is 18.0 Å². The molecule has 0 saturated heterocycles. The molecule has 0 aliphatic carbocycles. The highest BCUT2D eigenvalue weighted by Crippen LogP contribution is 2.12. The van der Waals surface area contributed by atoms with Gasteiger partial charge in [-0.15, -0.1) is 0 Å². The Morgan fingerprint density at radius 2 is 2.11 bits per heavy atom. The lowest BCUT2D eigenvalue weighted by molar-refractivity contribution is -0.114. The van der Waals surface area contributed by atoms with Crippen LogP contribution in [0.5, 0.6) is 5.75 Å². The monoisotopic (exact) mass is 257 g/mol. The molecular weight excluding hydrogens is 242 g/mol. The summed E-state index contributed by atoms with van der Waals surface area (Å²) in [5.41, 5.74) is 1.73. The molecule has 1 aromatic carbocycles. The average molecular weight is 257 g/mol. The van der Waals surface area contributed by atoms with Gasteiger partial charge >= 0.3 is 0 Å². The number of aryl methyl sites for hydroxylation is 1. The summed E-state index contributed by atoms with van der Waals surface area (Å²) in [4.78, 5) is 11.7. The second-order valence-corrected chi connectivity index (χ2v) is 4.18. The first kappa shape index (κ1) is 13.1. The van der Waals surface area contributed by atoms with E-state index in [9.17, 15) is 4.79 Å². The molecule has 0 radical (unpaired) electrons. The van der Waals surface area contributed by atoms with Crippen LogP contribution >= 0.6 is 0 Å². The van der Waals surface area contributed by atoms with E-state index in [1.165, 1.54) is 0 Å². The van der Waals surface area contributed by atoms with Gasteiger partial charge in [-0.05, 0) is 30.7 Å². The highest BCUT2D eigenvalue weighted by Gasteiger charge is 2.05. The summed E-state index contributed by atoms with van der Waals surface area (Å²) in [5.74, 6) is 1.36. The number of hydrogen-bond acceptors (Lipinski definition) is 4. The number of benzene rings is 1. The lowest BCUT2D eigenvalue weighted by Gasteiger charge is -1.98. The van der Waals surface area contributed by atoms with Gasteiger partial charge in [0.2, 0.25) is 0 Å². The van der Waals surface area contributed by atoms with Gasteiger partial charge < -0.3 is 9.26 Å². The molecule has 0 aliphatic heterocycles. The van der Waals surface area contributed by atoms with Crippen LogP contribution < -0.4 is 4.74 Å². The Balaban J connectivity index is 1.95. The molecule has 1 aromatic heterocycles. The topological polar surface area (TPSA) is 52.3 Å². The highest BCUT2D eigenvalue weighted by atomic mass is 16.5. The lowest BCUT2D eigenvalue weighted by atomic mass is 10.1. The van der Waals surface area contributed by atoms with Crippen molar-refractivity contribution in [3.63, 3.8) is 0 Å². The van der Waals surface area contributed by atoms with Gasteiger partial charge in [0.05, 0.1) is 19.2 Å². The zero-order valence-electron chi connectivity index (χ0n) is 10.9. The zero-order chi connectivity index (χ0) is 13.7. The normalized spacial score (nSPS) is 10.8. The van der Waals surface area contributed by atoms with E-state index in [-0.39, 0.29) is 12.2 Å². The third kappa shape index (κ3) is 3.81. The fraction of sp³-hybridized carbons (Fsp3) is 0.200. The van der Waals surface area contributed by atoms with Crippen molar-refractivity contribution < 1.29 is 14.1 Å². The number of rotatable bonds is 5. The lowest BCUT2D eigenvalue weighted by Crippen LogP contribution is -1.96. The van der Waals surface area contributed by atoms with Crippen LogP contribution in [0.3, 0.4) is 0 Å². The summed E-state index contributed by atoms with van der Waals surface area (Å²) in [6, 6.07) is 9.25. The van der Waals surface area contributed by atoms with Crippen LogP contribution in [0.4, 0.5) is 0 Å². The molecule has 98 valence electrons. The van der Waals surface area contributed by atoms with Gasteiger partial charge in [0, 0.05) is 6.07 Å². The molecule has 0 unspecified atom stereocenters. The third-order valence-corrected chi connectivity index (χ3v) is 2.60. The maximum atomic E-state index is 11.7. The number of ketones is 1. The second kappa shape index (κ2) is 6.00. The standard InChI is InChI=1S/C15H15NO3/c1-11-9-15(19-16-11)10-13(17)6-3-12-4-7-14(18-2)8-5-12/h3-9H,10H2,1-2H3/b6-3-. The second-order valence-electron chi connectivity index (χ2n) is 4.18. The first-order valence-electron chi connectivity index (χ1n) is 5.94. The molecule has 4 heteroatoms. The molecular formula is C15H15NO3. The van der Waals surface area contributed by atoms with Gasteiger partial charge in [-0.1, -0.05) is 23.4 Å². The SMILES string of the molecule is COc1ccc(/C=C\C(=O)Cc2cc(C)no2)cc1. The minimum absolute atomic E-state index is 0.0213. The zero-order valence-corrected chi connectivity index (χ0v) is 10.9. The highest BCUT2D eigenvalue weighted by molar-refractivity contribution is 5.94. The molecule has 19 heavy (non-hydrogen) atoms. The van der Waals surface area contributed by atoms with Crippen molar-refractivity contribution in [1.29, 1.82) is 0 Å². The van der Waals surface area contributed by atoms with Crippen molar-refractivity contribution in [3.05, 3.63) is 53.4 Å². The quantitative estimate of drug-likeness (QED) is 0.773. The van der Waals surface area contributed by atoms with Gasteiger partial charge in [-0.25, -0.2) is 0 Å².